The number of halogens is 1. The van der Waals surface area contributed by atoms with Crippen LogP contribution in [0.25, 0.3) is 0 Å². The average molecular weight is 192 g/mol. The fourth-order valence-corrected chi connectivity index (χ4v) is 0.811. The predicted molar refractivity (Wildman–Crippen MR) is 51.4 cm³/mol. The minimum Gasteiger partial charge on any atom is -0.377 e. The monoisotopic (exact) mass is 191 g/mol. The van der Waals surface area contributed by atoms with Crippen LogP contribution in [0.15, 0.2) is 24.2 Å². The molecule has 1 nitrogen and oxygen atoms in total. The summed E-state index contributed by atoms with van der Waals surface area (Å²) in [5, 5.41) is 0. The highest BCUT2D eigenvalue weighted by Gasteiger charge is 2.01. The van der Waals surface area contributed by atoms with Crippen molar-refractivity contribution < 1.29 is 14.3 Å². The summed E-state index contributed by atoms with van der Waals surface area (Å²) in [5.74, 6) is -0.149. The second-order valence-electron chi connectivity index (χ2n) is 2.29. The van der Waals surface area contributed by atoms with Crippen LogP contribution in [0.5, 0.6) is 0 Å². The summed E-state index contributed by atoms with van der Waals surface area (Å²) in [4.78, 5) is 0. The smallest absolute Gasteiger partial charge is 0.0793 e. The van der Waals surface area contributed by atoms with Gasteiger partial charge in [0.1, 0.15) is 0 Å². The zero-order valence-corrected chi connectivity index (χ0v) is 7.33. The van der Waals surface area contributed by atoms with E-state index in [1.54, 1.807) is 0 Å². The lowest BCUT2D eigenvalue weighted by atomic mass is 10.1. The molecule has 0 aliphatic carbocycles. The van der Waals surface area contributed by atoms with Gasteiger partial charge in [-0.25, -0.2) is 0 Å². The molecule has 0 fully saturated rings. The van der Waals surface area contributed by atoms with Crippen molar-refractivity contribution in [2.24, 2.45) is 0 Å². The van der Waals surface area contributed by atoms with Crippen molar-refractivity contribution in [3.63, 3.8) is 0 Å². The Labute approximate surface area is 88.1 Å². The van der Waals surface area contributed by atoms with Crippen LogP contribution in [0.2, 0.25) is 0 Å². The molecular formula is C10H13ClO. The largest absolute Gasteiger partial charge is 0.377 e. The van der Waals surface area contributed by atoms with Gasteiger partial charge in [-0.2, -0.15) is 0 Å². The maximum absolute atomic E-state index is 7.80. The maximum atomic E-state index is 7.80. The van der Waals surface area contributed by atoms with Crippen LogP contribution in [-0.2, 0) is 10.6 Å². The molecule has 1 atom stereocenters. The van der Waals surface area contributed by atoms with Crippen molar-refractivity contribution in [1.82, 2.24) is 0 Å². The molecule has 12 heavy (non-hydrogen) atoms. The highest BCUT2D eigenvalue weighted by Crippen LogP contribution is 2.16. The Kier molecular flexibility index (Phi) is 1.38. The Hall–Kier alpha value is -0.530. The second-order valence-corrected chi connectivity index (χ2v) is 2.55. The molecule has 0 unspecified atom stereocenters. The van der Waals surface area contributed by atoms with E-state index in [1.165, 1.54) is 6.92 Å². The molecule has 0 N–H and O–H groups in total. The Morgan fingerprint density at radius 3 is 2.75 bits per heavy atom. The van der Waals surface area contributed by atoms with Gasteiger partial charge in [0.25, 0.3) is 0 Å². The van der Waals surface area contributed by atoms with Crippen LogP contribution in [0.1, 0.15) is 33.7 Å². The Bertz CT molecular complexity index is 457. The predicted octanol–water partition coefficient (Wildman–Crippen LogP) is 3.13. The van der Waals surface area contributed by atoms with E-state index in [1.807, 2.05) is 0 Å². The molecular weight excluding hydrogens is 172 g/mol. The first-order valence-corrected chi connectivity index (χ1v) is 3.96. The molecule has 0 aliphatic heterocycles. The third-order valence-electron chi connectivity index (χ3n) is 1.41. The number of hydrogen-bond acceptors (Lipinski definition) is 1. The van der Waals surface area contributed by atoms with Crippen molar-refractivity contribution in [3.8, 4) is 0 Å². The standard InChI is InChI=1S/C10H13ClO/c1-8(12-2)10-5-3-9(7-11)4-6-10/h3-6,8H,7H2,1-2H3/t8-/m0/s1/i2D3,3D,4D,5D,6D. The van der Waals surface area contributed by atoms with E-state index >= 15 is 0 Å². The molecule has 0 radical (unpaired) electrons. The zero-order chi connectivity index (χ0) is 15.0. The summed E-state index contributed by atoms with van der Waals surface area (Å²) in [6, 6.07) is -1.19. The first-order chi connectivity index (χ1) is 8.60. The number of hydrogen-bond donors (Lipinski definition) is 0. The van der Waals surface area contributed by atoms with Crippen molar-refractivity contribution in [1.29, 1.82) is 0 Å². The van der Waals surface area contributed by atoms with Gasteiger partial charge in [0, 0.05) is 12.9 Å². The van der Waals surface area contributed by atoms with Crippen LogP contribution < -0.4 is 0 Å². The number of methoxy groups -OCH3 is 1. The van der Waals surface area contributed by atoms with E-state index in [9.17, 15) is 0 Å². The van der Waals surface area contributed by atoms with Gasteiger partial charge in [-0.1, -0.05) is 24.2 Å². The molecule has 1 rings (SSSR count). The first-order valence-electron chi connectivity index (χ1n) is 6.93. The molecule has 0 saturated carbocycles. The first kappa shape index (κ1) is 3.69. The van der Waals surface area contributed by atoms with Crippen LogP contribution in [0.3, 0.4) is 0 Å². The summed E-state index contributed by atoms with van der Waals surface area (Å²) in [6.45, 7) is 1.37. The molecule has 1 aromatic carbocycles. The topological polar surface area (TPSA) is 9.23 Å². The molecule has 0 saturated heterocycles. The van der Waals surface area contributed by atoms with Crippen LogP contribution in [0.4, 0.5) is 0 Å². The van der Waals surface area contributed by atoms with Gasteiger partial charge in [0.15, 0.2) is 0 Å². The summed E-state index contributed by atoms with van der Waals surface area (Å²) in [6.07, 6.45) is -1.08. The van der Waals surface area contributed by atoms with E-state index in [0.717, 1.165) is 0 Å². The molecule has 0 heterocycles. The summed E-state index contributed by atoms with van der Waals surface area (Å²) in [5.41, 5.74) is 0.00138. The van der Waals surface area contributed by atoms with Gasteiger partial charge in [-0.15, -0.1) is 11.6 Å². The molecule has 2 heteroatoms. The summed E-state index contributed by atoms with van der Waals surface area (Å²) in [7, 11) is -2.67. The number of benzene rings is 1. The van der Waals surface area contributed by atoms with Crippen LogP contribution in [-0.4, -0.2) is 7.04 Å². The van der Waals surface area contributed by atoms with E-state index < -0.39 is 13.1 Å². The zero-order valence-electron chi connectivity index (χ0n) is 13.6. The van der Waals surface area contributed by atoms with Gasteiger partial charge in [0.05, 0.1) is 15.7 Å². The number of ether oxygens (including phenoxy) is 1. The van der Waals surface area contributed by atoms with E-state index in [-0.39, 0.29) is 41.2 Å². The van der Waals surface area contributed by atoms with E-state index in [2.05, 4.69) is 0 Å². The maximum Gasteiger partial charge on any atom is 0.0793 e. The van der Waals surface area contributed by atoms with Crippen molar-refractivity contribution >= 4 is 11.6 Å². The third-order valence-corrected chi connectivity index (χ3v) is 1.68. The fourth-order valence-electron chi connectivity index (χ4n) is 0.677. The van der Waals surface area contributed by atoms with Gasteiger partial charge in [-0.05, 0) is 18.1 Å². The molecule has 0 aromatic heterocycles. The van der Waals surface area contributed by atoms with Crippen molar-refractivity contribution in [2.75, 3.05) is 7.04 Å². The molecule has 66 valence electrons. The van der Waals surface area contributed by atoms with E-state index in [0.29, 0.717) is 0 Å². The Balaban J connectivity index is 3.37. The van der Waals surface area contributed by atoms with Crippen molar-refractivity contribution in [3.05, 3.63) is 35.3 Å². The van der Waals surface area contributed by atoms with Gasteiger partial charge in [0.2, 0.25) is 0 Å². The fraction of sp³-hybridized carbons (Fsp3) is 0.400. The number of rotatable bonds is 3. The lowest BCUT2D eigenvalue weighted by Crippen LogP contribution is -1.95. The lowest BCUT2D eigenvalue weighted by Gasteiger charge is -2.09. The molecule has 1 aromatic rings. The van der Waals surface area contributed by atoms with Crippen LogP contribution in [0, 0.1) is 0 Å². The SMILES string of the molecule is [2H]c1c([2H])c([C@H](C)OC([2H])([2H])[2H])c([2H])c([2H])c1CCl. The minimum absolute atomic E-state index is 0.0833. The van der Waals surface area contributed by atoms with E-state index in [4.69, 9.17) is 25.9 Å². The summed E-state index contributed by atoms with van der Waals surface area (Å²) >= 11 is 5.59. The second kappa shape index (κ2) is 4.48. The lowest BCUT2D eigenvalue weighted by molar-refractivity contribution is 0.119. The molecule has 0 spiro atoms. The van der Waals surface area contributed by atoms with Gasteiger partial charge >= 0.3 is 0 Å². The van der Waals surface area contributed by atoms with Gasteiger partial charge in [-0.3, -0.25) is 0 Å². The Morgan fingerprint density at radius 2 is 2.25 bits per heavy atom. The molecule has 0 aliphatic rings. The highest BCUT2D eigenvalue weighted by atomic mass is 35.5. The third kappa shape index (κ3) is 2.23. The normalized spacial score (nSPS) is 22.3. The minimum atomic E-state index is -2.67. The molecule has 0 bridgehead atoms. The molecule has 0 amide bonds. The van der Waals surface area contributed by atoms with Gasteiger partial charge < -0.3 is 4.74 Å². The highest BCUT2D eigenvalue weighted by molar-refractivity contribution is 6.17. The van der Waals surface area contributed by atoms with Crippen LogP contribution >= 0.6 is 11.6 Å². The van der Waals surface area contributed by atoms with Crippen molar-refractivity contribution in [2.45, 2.75) is 18.9 Å². The summed E-state index contributed by atoms with van der Waals surface area (Å²) < 4.78 is 56.8. The quantitative estimate of drug-likeness (QED) is 0.668. The average Bonchev–Trinajstić information content (AvgIpc) is 2.25. The number of alkyl halides is 1. The Morgan fingerprint density at radius 1 is 1.58 bits per heavy atom.